The third-order valence-corrected chi connectivity index (χ3v) is 4.65. The molecule has 1 aliphatic heterocycles. The van der Waals surface area contributed by atoms with Gasteiger partial charge in [-0.3, -0.25) is 0 Å². The SMILES string of the molecule is CNC(c1ccc(Br)s1)C1(CN)COC1. The molecule has 3 nitrogen and oxygen atoms in total. The zero-order valence-corrected chi connectivity index (χ0v) is 11.0. The number of hydrogen-bond acceptors (Lipinski definition) is 4. The molecule has 1 fully saturated rings. The number of ether oxygens (including phenoxy) is 1. The van der Waals surface area contributed by atoms with E-state index in [0.717, 1.165) is 17.0 Å². The Morgan fingerprint density at radius 1 is 1.67 bits per heavy atom. The zero-order valence-electron chi connectivity index (χ0n) is 8.63. The summed E-state index contributed by atoms with van der Waals surface area (Å²) >= 11 is 5.24. The standard InChI is InChI=1S/C10H15BrN2OS/c1-13-9(7-2-3-8(11)15-7)10(4-12)5-14-6-10/h2-3,9,13H,4-6,12H2,1H3. The summed E-state index contributed by atoms with van der Waals surface area (Å²) in [5, 5.41) is 3.35. The fourth-order valence-electron chi connectivity index (χ4n) is 2.00. The minimum absolute atomic E-state index is 0.0824. The van der Waals surface area contributed by atoms with Crippen molar-refractivity contribution < 1.29 is 4.74 Å². The van der Waals surface area contributed by atoms with Crippen molar-refractivity contribution >= 4 is 27.3 Å². The highest BCUT2D eigenvalue weighted by molar-refractivity contribution is 9.11. The summed E-state index contributed by atoms with van der Waals surface area (Å²) in [6.45, 7) is 2.17. The smallest absolute Gasteiger partial charge is 0.0701 e. The van der Waals surface area contributed by atoms with Gasteiger partial charge >= 0.3 is 0 Å². The third kappa shape index (κ3) is 1.99. The monoisotopic (exact) mass is 290 g/mol. The summed E-state index contributed by atoms with van der Waals surface area (Å²) in [4.78, 5) is 1.32. The number of hydrogen-bond donors (Lipinski definition) is 2. The van der Waals surface area contributed by atoms with Gasteiger partial charge in [-0.15, -0.1) is 11.3 Å². The van der Waals surface area contributed by atoms with Crippen molar-refractivity contribution in [1.29, 1.82) is 0 Å². The van der Waals surface area contributed by atoms with Gasteiger partial charge in [-0.1, -0.05) is 0 Å². The van der Waals surface area contributed by atoms with Crippen molar-refractivity contribution in [2.75, 3.05) is 26.8 Å². The van der Waals surface area contributed by atoms with E-state index in [9.17, 15) is 0 Å². The van der Waals surface area contributed by atoms with Gasteiger partial charge < -0.3 is 15.8 Å². The third-order valence-electron chi connectivity index (χ3n) is 2.97. The maximum absolute atomic E-state index is 5.86. The molecular formula is C10H15BrN2OS. The van der Waals surface area contributed by atoms with Crippen LogP contribution in [0.15, 0.2) is 15.9 Å². The molecule has 0 bridgehead atoms. The molecule has 1 unspecified atom stereocenters. The average molecular weight is 291 g/mol. The Bertz CT molecular complexity index is 332. The first kappa shape index (κ1) is 11.5. The summed E-state index contributed by atoms with van der Waals surface area (Å²) in [5.74, 6) is 0. The fourth-order valence-corrected chi connectivity index (χ4v) is 3.68. The largest absolute Gasteiger partial charge is 0.380 e. The van der Waals surface area contributed by atoms with Crippen LogP contribution in [0.1, 0.15) is 10.9 Å². The van der Waals surface area contributed by atoms with Gasteiger partial charge in [-0.05, 0) is 35.1 Å². The maximum Gasteiger partial charge on any atom is 0.0701 e. The second-order valence-electron chi connectivity index (χ2n) is 3.92. The number of halogens is 1. The molecule has 1 aromatic rings. The Balaban J connectivity index is 2.23. The van der Waals surface area contributed by atoms with Crippen LogP contribution < -0.4 is 11.1 Å². The highest BCUT2D eigenvalue weighted by atomic mass is 79.9. The summed E-state index contributed by atoms with van der Waals surface area (Å²) < 4.78 is 6.47. The van der Waals surface area contributed by atoms with Crippen LogP contribution in [-0.2, 0) is 4.74 Å². The van der Waals surface area contributed by atoms with E-state index in [0.29, 0.717) is 12.6 Å². The van der Waals surface area contributed by atoms with Gasteiger partial charge in [-0.2, -0.15) is 0 Å². The lowest BCUT2D eigenvalue weighted by Crippen LogP contribution is -2.55. The summed E-state index contributed by atoms with van der Waals surface area (Å²) in [5.41, 5.74) is 5.94. The second-order valence-corrected chi connectivity index (χ2v) is 6.42. The van der Waals surface area contributed by atoms with Crippen molar-refractivity contribution in [1.82, 2.24) is 5.32 Å². The van der Waals surface area contributed by atoms with E-state index in [1.807, 2.05) is 7.05 Å². The molecule has 0 saturated carbocycles. The molecule has 84 valence electrons. The molecule has 0 aromatic carbocycles. The first-order valence-corrected chi connectivity index (χ1v) is 6.53. The van der Waals surface area contributed by atoms with E-state index in [1.54, 1.807) is 11.3 Å². The van der Waals surface area contributed by atoms with E-state index < -0.39 is 0 Å². The molecule has 5 heteroatoms. The van der Waals surface area contributed by atoms with Gasteiger partial charge in [0.15, 0.2) is 0 Å². The first-order chi connectivity index (χ1) is 7.22. The zero-order chi connectivity index (χ0) is 10.9. The Labute approximate surface area is 102 Å². The van der Waals surface area contributed by atoms with Crippen molar-refractivity contribution in [3.63, 3.8) is 0 Å². The molecule has 1 atom stereocenters. The van der Waals surface area contributed by atoms with Crippen LogP contribution in [0.4, 0.5) is 0 Å². The lowest BCUT2D eigenvalue weighted by atomic mass is 9.77. The summed E-state index contributed by atoms with van der Waals surface area (Å²) in [7, 11) is 1.98. The van der Waals surface area contributed by atoms with Crippen molar-refractivity contribution in [3.8, 4) is 0 Å². The molecule has 0 amide bonds. The molecule has 15 heavy (non-hydrogen) atoms. The quantitative estimate of drug-likeness (QED) is 0.888. The normalized spacial score (nSPS) is 21.0. The van der Waals surface area contributed by atoms with Gasteiger partial charge in [-0.25, -0.2) is 0 Å². The predicted molar refractivity (Wildman–Crippen MR) is 66.1 cm³/mol. The number of thiophene rings is 1. The Morgan fingerprint density at radius 3 is 2.73 bits per heavy atom. The van der Waals surface area contributed by atoms with Crippen LogP contribution in [0, 0.1) is 5.41 Å². The molecule has 3 N–H and O–H groups in total. The van der Waals surface area contributed by atoms with E-state index >= 15 is 0 Å². The number of nitrogens with two attached hydrogens (primary N) is 1. The molecule has 1 aromatic heterocycles. The van der Waals surface area contributed by atoms with Crippen LogP contribution in [0.25, 0.3) is 0 Å². The fraction of sp³-hybridized carbons (Fsp3) is 0.600. The van der Waals surface area contributed by atoms with Crippen LogP contribution in [-0.4, -0.2) is 26.8 Å². The molecule has 2 heterocycles. The molecule has 0 aliphatic carbocycles. The van der Waals surface area contributed by atoms with Gasteiger partial charge in [0.25, 0.3) is 0 Å². The van der Waals surface area contributed by atoms with Gasteiger partial charge in [0.1, 0.15) is 0 Å². The van der Waals surface area contributed by atoms with E-state index in [-0.39, 0.29) is 5.41 Å². The van der Waals surface area contributed by atoms with Gasteiger partial charge in [0.05, 0.1) is 23.0 Å². The van der Waals surface area contributed by atoms with Crippen molar-refractivity contribution in [2.24, 2.45) is 11.1 Å². The number of nitrogens with one attached hydrogen (secondary N) is 1. The van der Waals surface area contributed by atoms with Crippen LogP contribution in [0.5, 0.6) is 0 Å². The molecule has 0 spiro atoms. The minimum Gasteiger partial charge on any atom is -0.380 e. The highest BCUT2D eigenvalue weighted by Gasteiger charge is 2.45. The molecule has 0 radical (unpaired) electrons. The van der Waals surface area contributed by atoms with E-state index in [4.69, 9.17) is 10.5 Å². The summed E-state index contributed by atoms with van der Waals surface area (Å²) in [6, 6.07) is 4.52. The Morgan fingerprint density at radius 2 is 2.40 bits per heavy atom. The first-order valence-electron chi connectivity index (χ1n) is 4.92. The minimum atomic E-state index is 0.0824. The van der Waals surface area contributed by atoms with Crippen LogP contribution in [0.3, 0.4) is 0 Å². The van der Waals surface area contributed by atoms with Crippen LogP contribution >= 0.6 is 27.3 Å². The Kier molecular flexibility index (Phi) is 3.47. The van der Waals surface area contributed by atoms with E-state index in [1.165, 1.54) is 4.88 Å². The Hall–Kier alpha value is 0.0600. The summed E-state index contributed by atoms with van der Waals surface area (Å²) in [6.07, 6.45) is 0. The van der Waals surface area contributed by atoms with E-state index in [2.05, 4.69) is 33.4 Å². The van der Waals surface area contributed by atoms with Gasteiger partial charge in [0, 0.05) is 16.8 Å². The molecule has 1 saturated heterocycles. The number of rotatable bonds is 4. The van der Waals surface area contributed by atoms with Gasteiger partial charge in [0.2, 0.25) is 0 Å². The molecule has 1 aliphatic rings. The topological polar surface area (TPSA) is 47.3 Å². The average Bonchev–Trinajstić information content (AvgIpc) is 2.58. The lowest BCUT2D eigenvalue weighted by molar-refractivity contribution is -0.126. The molecule has 2 rings (SSSR count). The predicted octanol–water partition coefficient (Wildman–Crippen LogP) is 1.75. The van der Waals surface area contributed by atoms with Crippen molar-refractivity contribution in [2.45, 2.75) is 6.04 Å². The molecular weight excluding hydrogens is 276 g/mol. The lowest BCUT2D eigenvalue weighted by Gasteiger charge is -2.46. The maximum atomic E-state index is 5.86. The van der Waals surface area contributed by atoms with Crippen LogP contribution in [0.2, 0.25) is 0 Å². The van der Waals surface area contributed by atoms with Crippen molar-refractivity contribution in [3.05, 3.63) is 20.8 Å². The second kappa shape index (κ2) is 4.51. The highest BCUT2D eigenvalue weighted by Crippen LogP contribution is 2.42.